The molecule has 0 unspecified atom stereocenters. The molecule has 0 spiro atoms. The van der Waals surface area contributed by atoms with E-state index in [2.05, 4.69) is 49.0 Å². The average molecular weight is 515 g/mol. The van der Waals surface area contributed by atoms with E-state index in [1.807, 2.05) is 24.8 Å². The van der Waals surface area contributed by atoms with E-state index in [0.29, 0.717) is 41.5 Å². The zero-order valence-corrected chi connectivity index (χ0v) is 23.1. The van der Waals surface area contributed by atoms with Gasteiger partial charge in [0, 0.05) is 42.9 Å². The number of anilines is 1. The van der Waals surface area contributed by atoms with E-state index in [4.69, 9.17) is 18.7 Å². The molecule has 1 fully saturated rings. The SMILES string of the molecule is CC1(C)OC=C(CON=C2CN(c3ncc(-c4cccc(CO[Si](C)(C)C(C)(C)C)c4F)cn3)C2)O1. The highest BCUT2D eigenvalue weighted by Crippen LogP contribution is 2.37. The lowest BCUT2D eigenvalue weighted by Crippen LogP contribution is -2.48. The first-order valence-electron chi connectivity index (χ1n) is 12.1. The molecule has 3 heterocycles. The third-order valence-corrected chi connectivity index (χ3v) is 11.2. The monoisotopic (exact) mass is 514 g/mol. The minimum Gasteiger partial charge on any atom is -0.457 e. The van der Waals surface area contributed by atoms with E-state index in [1.165, 1.54) is 0 Å². The molecule has 2 aliphatic heterocycles. The van der Waals surface area contributed by atoms with Crippen LogP contribution in [0.25, 0.3) is 11.1 Å². The molecule has 0 atom stereocenters. The lowest BCUT2D eigenvalue weighted by atomic mass is 10.1. The Labute approximate surface area is 213 Å². The summed E-state index contributed by atoms with van der Waals surface area (Å²) in [4.78, 5) is 16.2. The van der Waals surface area contributed by atoms with Gasteiger partial charge in [0.25, 0.3) is 0 Å². The quantitative estimate of drug-likeness (QED) is 0.334. The normalized spacial score (nSPS) is 17.2. The smallest absolute Gasteiger partial charge is 0.244 e. The van der Waals surface area contributed by atoms with Crippen LogP contribution in [0.3, 0.4) is 0 Å². The maximum atomic E-state index is 15.3. The van der Waals surface area contributed by atoms with E-state index >= 15 is 4.39 Å². The van der Waals surface area contributed by atoms with Gasteiger partial charge in [-0.3, -0.25) is 0 Å². The van der Waals surface area contributed by atoms with Crippen LogP contribution < -0.4 is 4.90 Å². The van der Waals surface area contributed by atoms with Crippen molar-refractivity contribution in [3.8, 4) is 11.1 Å². The van der Waals surface area contributed by atoms with Crippen molar-refractivity contribution < 1.29 is 23.1 Å². The summed E-state index contributed by atoms with van der Waals surface area (Å²) < 4.78 is 32.4. The maximum absolute atomic E-state index is 15.3. The predicted octanol–water partition coefficient (Wildman–Crippen LogP) is 5.62. The molecule has 8 nitrogen and oxygen atoms in total. The molecule has 194 valence electrons. The number of oxime groups is 1. The van der Waals surface area contributed by atoms with Crippen molar-refractivity contribution in [1.82, 2.24) is 9.97 Å². The molecule has 0 radical (unpaired) electrons. The topological polar surface area (TPSA) is 78.3 Å². The second kappa shape index (κ2) is 9.82. The van der Waals surface area contributed by atoms with Gasteiger partial charge in [-0.1, -0.05) is 44.1 Å². The molecule has 1 aromatic carbocycles. The van der Waals surface area contributed by atoms with Crippen LogP contribution in [0.4, 0.5) is 10.3 Å². The van der Waals surface area contributed by atoms with E-state index in [1.54, 1.807) is 30.8 Å². The molecule has 0 N–H and O–H groups in total. The molecule has 0 aliphatic carbocycles. The highest BCUT2D eigenvalue weighted by atomic mass is 28.4. The van der Waals surface area contributed by atoms with Crippen LogP contribution in [-0.2, 0) is 25.3 Å². The number of ether oxygens (including phenoxy) is 2. The number of halogens is 1. The molecular weight excluding hydrogens is 479 g/mol. The first kappa shape index (κ1) is 26.1. The Morgan fingerprint density at radius 3 is 2.44 bits per heavy atom. The minimum atomic E-state index is -1.98. The van der Waals surface area contributed by atoms with Gasteiger partial charge in [-0.05, 0) is 18.1 Å². The maximum Gasteiger partial charge on any atom is 0.244 e. The van der Waals surface area contributed by atoms with E-state index < -0.39 is 14.1 Å². The predicted molar refractivity (Wildman–Crippen MR) is 139 cm³/mol. The van der Waals surface area contributed by atoms with E-state index in [-0.39, 0.29) is 24.1 Å². The van der Waals surface area contributed by atoms with Gasteiger partial charge < -0.3 is 23.6 Å². The van der Waals surface area contributed by atoms with Crippen molar-refractivity contribution in [2.24, 2.45) is 5.16 Å². The summed E-state index contributed by atoms with van der Waals surface area (Å²) in [6, 6.07) is 5.35. The number of nitrogens with zero attached hydrogens (tertiary/aromatic N) is 4. The summed E-state index contributed by atoms with van der Waals surface area (Å²) in [5.41, 5.74) is 2.51. The fraction of sp³-hybridized carbons (Fsp3) is 0.500. The molecule has 0 amide bonds. The molecule has 4 rings (SSSR count). The summed E-state index contributed by atoms with van der Waals surface area (Å²) in [7, 11) is -1.98. The van der Waals surface area contributed by atoms with Crippen molar-refractivity contribution in [2.45, 2.75) is 65.1 Å². The first-order chi connectivity index (χ1) is 16.8. The van der Waals surface area contributed by atoms with Crippen LogP contribution >= 0.6 is 0 Å². The van der Waals surface area contributed by atoms with Gasteiger partial charge in [0.2, 0.25) is 11.7 Å². The second-order valence-corrected chi connectivity index (χ2v) is 15.9. The van der Waals surface area contributed by atoms with Gasteiger partial charge in [-0.15, -0.1) is 0 Å². The summed E-state index contributed by atoms with van der Waals surface area (Å²) >= 11 is 0. The highest BCUT2D eigenvalue weighted by molar-refractivity contribution is 6.74. The Bertz CT molecular complexity index is 1150. The molecule has 0 bridgehead atoms. The Balaban J connectivity index is 1.33. The third-order valence-electron chi connectivity index (χ3n) is 6.70. The molecule has 10 heteroatoms. The lowest BCUT2D eigenvalue weighted by Gasteiger charge is -2.36. The van der Waals surface area contributed by atoms with Crippen LogP contribution in [0.5, 0.6) is 0 Å². The second-order valence-electron chi connectivity index (χ2n) is 11.1. The minimum absolute atomic E-state index is 0.0619. The fourth-order valence-electron chi connectivity index (χ4n) is 3.43. The van der Waals surface area contributed by atoms with E-state index in [0.717, 1.165) is 5.71 Å². The summed E-state index contributed by atoms with van der Waals surface area (Å²) in [5.74, 6) is 0.207. The third kappa shape index (κ3) is 5.87. The van der Waals surface area contributed by atoms with Crippen LogP contribution in [0.2, 0.25) is 18.1 Å². The Morgan fingerprint density at radius 2 is 1.83 bits per heavy atom. The molecule has 1 aromatic heterocycles. The largest absolute Gasteiger partial charge is 0.457 e. The van der Waals surface area contributed by atoms with Gasteiger partial charge in [-0.2, -0.15) is 0 Å². The number of hydrogen-bond acceptors (Lipinski definition) is 8. The molecule has 1 saturated heterocycles. The van der Waals surface area contributed by atoms with Crippen LogP contribution in [0.1, 0.15) is 40.2 Å². The van der Waals surface area contributed by atoms with Gasteiger partial charge in [0.15, 0.2) is 20.7 Å². The Morgan fingerprint density at radius 1 is 1.14 bits per heavy atom. The lowest BCUT2D eigenvalue weighted by molar-refractivity contribution is -0.121. The van der Waals surface area contributed by atoms with Crippen LogP contribution in [0.15, 0.2) is 47.8 Å². The zero-order valence-electron chi connectivity index (χ0n) is 22.1. The van der Waals surface area contributed by atoms with Gasteiger partial charge in [0.1, 0.15) is 12.1 Å². The fourth-order valence-corrected chi connectivity index (χ4v) is 4.38. The van der Waals surface area contributed by atoms with Crippen molar-refractivity contribution in [1.29, 1.82) is 0 Å². The summed E-state index contributed by atoms with van der Waals surface area (Å²) in [5, 5.41) is 4.20. The van der Waals surface area contributed by atoms with Crippen molar-refractivity contribution in [3.63, 3.8) is 0 Å². The number of rotatable bonds is 8. The number of hydrogen-bond donors (Lipinski definition) is 0. The molecular formula is C26H35FN4O4Si. The van der Waals surface area contributed by atoms with Crippen molar-refractivity contribution in [2.75, 3.05) is 24.6 Å². The Hall–Kier alpha value is -2.98. The summed E-state index contributed by atoms with van der Waals surface area (Å²) in [6.45, 7) is 16.1. The van der Waals surface area contributed by atoms with Crippen LogP contribution in [0, 0.1) is 5.82 Å². The van der Waals surface area contributed by atoms with Crippen molar-refractivity contribution >= 4 is 20.0 Å². The molecule has 2 aromatic rings. The molecule has 0 saturated carbocycles. The zero-order chi connectivity index (χ0) is 26.1. The first-order valence-corrected chi connectivity index (χ1v) is 15.0. The van der Waals surface area contributed by atoms with E-state index in [9.17, 15) is 0 Å². The van der Waals surface area contributed by atoms with Gasteiger partial charge >= 0.3 is 0 Å². The molecule has 2 aliphatic rings. The van der Waals surface area contributed by atoms with Crippen LogP contribution in [-0.4, -0.2) is 49.5 Å². The highest BCUT2D eigenvalue weighted by Gasteiger charge is 2.37. The van der Waals surface area contributed by atoms with Gasteiger partial charge in [-0.25, -0.2) is 14.4 Å². The van der Waals surface area contributed by atoms with Gasteiger partial charge in [0.05, 0.1) is 25.4 Å². The summed E-state index contributed by atoms with van der Waals surface area (Å²) in [6.07, 6.45) is 4.84. The van der Waals surface area contributed by atoms with Crippen molar-refractivity contribution in [3.05, 3.63) is 54.0 Å². The molecule has 36 heavy (non-hydrogen) atoms. The average Bonchev–Trinajstić information content (AvgIpc) is 3.12. The standard InChI is InChI=1S/C26H35FN4O4Si/c1-25(2,3)36(6,7)34-15-18-9-8-10-22(23(18)27)19-11-28-24(29-12-19)31-13-20(14-31)30-33-17-21-16-32-26(4,5)35-21/h8-12,16H,13-15,17H2,1-7H3. The number of aromatic nitrogens is 2. The Kier molecular flexibility index (Phi) is 7.11. The number of benzene rings is 1.